The molecule has 33 heavy (non-hydrogen) atoms. The van der Waals surface area contributed by atoms with E-state index >= 15 is 0 Å². The van der Waals surface area contributed by atoms with Gasteiger partial charge in [0, 0.05) is 6.54 Å². The predicted octanol–water partition coefficient (Wildman–Crippen LogP) is -0.689. The Labute approximate surface area is 184 Å². The molecule has 0 saturated carbocycles. The quantitative estimate of drug-likeness (QED) is 0.146. The summed E-state index contributed by atoms with van der Waals surface area (Å²) in [5, 5.41) is 43.4. The van der Waals surface area contributed by atoms with E-state index < -0.39 is 50.5 Å². The smallest absolute Gasteiger partial charge is 0.469 e. The number of phenolic OH excluding ortho intramolecular Hbond substituents is 2. The predicted molar refractivity (Wildman–Crippen MR) is 108 cm³/mol. The van der Waals surface area contributed by atoms with E-state index in [-0.39, 0.29) is 12.3 Å². The fraction of sp³-hybridized carbons (Fsp3) is 0.353. The van der Waals surface area contributed by atoms with Crippen molar-refractivity contribution in [3.8, 4) is 17.2 Å². The van der Waals surface area contributed by atoms with Crippen molar-refractivity contribution in [2.24, 2.45) is 0 Å². The van der Waals surface area contributed by atoms with E-state index in [1.165, 1.54) is 24.8 Å². The van der Waals surface area contributed by atoms with Crippen LogP contribution < -0.4 is 10.1 Å². The number of aliphatic hydroxyl groups excluding tert-OH is 2. The Morgan fingerprint density at radius 2 is 1.94 bits per heavy atom. The number of aliphatic hydroxyl groups is 2. The zero-order valence-electron chi connectivity index (χ0n) is 16.6. The Kier molecular flexibility index (Phi) is 6.36. The first-order valence-electron chi connectivity index (χ1n) is 9.43. The van der Waals surface area contributed by atoms with E-state index in [0.29, 0.717) is 22.5 Å². The van der Waals surface area contributed by atoms with Gasteiger partial charge in [0.1, 0.15) is 30.2 Å². The number of aromatic hydroxyl groups is 2. The van der Waals surface area contributed by atoms with Gasteiger partial charge in [-0.3, -0.25) is 4.52 Å². The number of imidazole rings is 1. The standard InChI is InChI=1S/C17H20N5O10P/c23-8-1-7(3-18-15-11-16(20-5-19-11)22-6-21-15)2-9(12(8)24)31-17-14(26)13(25)10(32-17)4-30-33(27,28)29/h1-2,5-6,10,13-14,17,23-26H,3-4H2,(H2,27,28,29)(H2,18,19,20,21,22)/t10-,13-,14-,17?/m1/s1. The van der Waals surface area contributed by atoms with E-state index in [2.05, 4.69) is 29.8 Å². The highest BCUT2D eigenvalue weighted by Gasteiger charge is 2.45. The fourth-order valence-electron chi connectivity index (χ4n) is 3.17. The maximum Gasteiger partial charge on any atom is 0.469 e. The van der Waals surface area contributed by atoms with Crippen molar-refractivity contribution in [3.63, 3.8) is 0 Å². The number of benzene rings is 1. The molecule has 0 amide bonds. The lowest BCUT2D eigenvalue weighted by Gasteiger charge is -2.19. The van der Waals surface area contributed by atoms with Gasteiger partial charge in [0.2, 0.25) is 12.0 Å². The number of phosphoric ester groups is 1. The summed E-state index contributed by atoms with van der Waals surface area (Å²) in [5.41, 5.74) is 1.46. The maximum atomic E-state index is 10.9. The molecule has 4 atom stereocenters. The lowest BCUT2D eigenvalue weighted by atomic mass is 10.1. The molecule has 178 valence electrons. The topological polar surface area (TPSA) is 233 Å². The van der Waals surface area contributed by atoms with Crippen LogP contribution in [0.3, 0.4) is 0 Å². The number of rotatable bonds is 8. The number of phosphoric acid groups is 1. The van der Waals surface area contributed by atoms with E-state index in [0.717, 1.165) is 0 Å². The summed E-state index contributed by atoms with van der Waals surface area (Å²) >= 11 is 0. The number of nitrogens with zero attached hydrogens (tertiary/aromatic N) is 3. The van der Waals surface area contributed by atoms with Crippen molar-refractivity contribution in [1.29, 1.82) is 0 Å². The Morgan fingerprint density at radius 3 is 2.70 bits per heavy atom. The number of hydrogen-bond acceptors (Lipinski definition) is 12. The third-order valence-electron chi connectivity index (χ3n) is 4.77. The molecule has 4 rings (SSSR count). The number of hydrogen-bond donors (Lipinski definition) is 8. The average molecular weight is 485 g/mol. The average Bonchev–Trinajstić information content (AvgIpc) is 3.34. The van der Waals surface area contributed by atoms with Crippen LogP contribution in [0, 0.1) is 0 Å². The molecule has 0 aliphatic carbocycles. The van der Waals surface area contributed by atoms with Gasteiger partial charge in [-0.1, -0.05) is 0 Å². The summed E-state index contributed by atoms with van der Waals surface area (Å²) in [6.45, 7) is -0.588. The van der Waals surface area contributed by atoms with Crippen molar-refractivity contribution >= 4 is 24.8 Å². The second-order valence-corrected chi connectivity index (χ2v) is 8.31. The van der Waals surface area contributed by atoms with Gasteiger partial charge in [-0.25, -0.2) is 19.5 Å². The minimum absolute atomic E-state index is 0.130. The summed E-state index contributed by atoms with van der Waals surface area (Å²) in [5.74, 6) is -0.989. The van der Waals surface area contributed by atoms with Crippen LogP contribution in [0.5, 0.6) is 17.2 Å². The molecule has 3 aromatic rings. The van der Waals surface area contributed by atoms with E-state index in [1.807, 2.05) is 0 Å². The fourth-order valence-corrected chi connectivity index (χ4v) is 3.51. The summed E-state index contributed by atoms with van der Waals surface area (Å²) in [6, 6.07) is 2.63. The van der Waals surface area contributed by atoms with Crippen LogP contribution in [-0.2, 0) is 20.4 Å². The first-order chi connectivity index (χ1) is 15.6. The summed E-state index contributed by atoms with van der Waals surface area (Å²) in [6.07, 6.45) is -3.27. The van der Waals surface area contributed by atoms with Crippen molar-refractivity contribution in [2.45, 2.75) is 31.1 Å². The van der Waals surface area contributed by atoms with Crippen LogP contribution in [-0.4, -0.2) is 81.4 Å². The molecule has 1 saturated heterocycles. The summed E-state index contributed by atoms with van der Waals surface area (Å²) in [7, 11) is -4.83. The van der Waals surface area contributed by atoms with Gasteiger partial charge < -0.3 is 50.0 Å². The molecule has 3 heterocycles. The second kappa shape index (κ2) is 9.07. The molecule has 16 heteroatoms. The third kappa shape index (κ3) is 5.15. The Bertz CT molecular complexity index is 1190. The monoisotopic (exact) mass is 485 g/mol. The molecule has 15 nitrogen and oxygen atoms in total. The number of phenols is 2. The number of aromatic amines is 1. The molecule has 8 N–H and O–H groups in total. The molecular weight excluding hydrogens is 465 g/mol. The highest BCUT2D eigenvalue weighted by Crippen LogP contribution is 2.40. The highest BCUT2D eigenvalue weighted by molar-refractivity contribution is 7.46. The van der Waals surface area contributed by atoms with Crippen LogP contribution >= 0.6 is 7.82 Å². The minimum atomic E-state index is -4.83. The number of anilines is 1. The number of nitrogens with one attached hydrogen (secondary N) is 2. The minimum Gasteiger partial charge on any atom is -0.504 e. The lowest BCUT2D eigenvalue weighted by Crippen LogP contribution is -2.35. The summed E-state index contributed by atoms with van der Waals surface area (Å²) < 4.78 is 25.8. The number of H-pyrrole nitrogens is 1. The number of fused-ring (bicyclic) bond motifs is 1. The molecule has 1 aliphatic rings. The lowest BCUT2D eigenvalue weighted by molar-refractivity contribution is -0.116. The molecule has 0 radical (unpaired) electrons. The van der Waals surface area contributed by atoms with Crippen LogP contribution in [0.2, 0.25) is 0 Å². The Balaban J connectivity index is 1.47. The summed E-state index contributed by atoms with van der Waals surface area (Å²) in [4.78, 5) is 32.6. The highest BCUT2D eigenvalue weighted by atomic mass is 31.2. The van der Waals surface area contributed by atoms with E-state index in [4.69, 9.17) is 19.3 Å². The van der Waals surface area contributed by atoms with Crippen molar-refractivity contribution in [2.75, 3.05) is 11.9 Å². The Hall–Kier alpha value is -3.04. The second-order valence-electron chi connectivity index (χ2n) is 7.07. The molecule has 1 fully saturated rings. The van der Waals surface area contributed by atoms with Gasteiger partial charge >= 0.3 is 7.82 Å². The van der Waals surface area contributed by atoms with Gasteiger partial charge in [-0.15, -0.1) is 0 Å². The SMILES string of the molecule is O=P(O)(O)OC[C@H]1OC(Oc2cc(CNc3ncnc4nc[nH]c34)cc(O)c2O)[C@H](O)[C@@H]1O. The molecule has 0 spiro atoms. The van der Waals surface area contributed by atoms with Crippen molar-refractivity contribution in [1.82, 2.24) is 19.9 Å². The third-order valence-corrected chi connectivity index (χ3v) is 5.25. The first-order valence-corrected chi connectivity index (χ1v) is 11.0. The van der Waals surface area contributed by atoms with Crippen LogP contribution in [0.4, 0.5) is 5.82 Å². The molecule has 1 aromatic carbocycles. The van der Waals surface area contributed by atoms with Gasteiger partial charge in [-0.2, -0.15) is 0 Å². The Morgan fingerprint density at radius 1 is 1.15 bits per heavy atom. The molecule has 1 unspecified atom stereocenters. The molecular formula is C17H20N5O10P. The van der Waals surface area contributed by atoms with Crippen LogP contribution in [0.15, 0.2) is 24.8 Å². The van der Waals surface area contributed by atoms with Gasteiger partial charge in [-0.05, 0) is 17.7 Å². The van der Waals surface area contributed by atoms with Gasteiger partial charge in [0.05, 0.1) is 12.9 Å². The number of aromatic nitrogens is 4. The zero-order chi connectivity index (χ0) is 23.8. The molecule has 0 bridgehead atoms. The molecule has 1 aliphatic heterocycles. The van der Waals surface area contributed by atoms with Gasteiger partial charge in [0.15, 0.2) is 23.0 Å². The largest absolute Gasteiger partial charge is 0.504 e. The van der Waals surface area contributed by atoms with E-state index in [1.54, 1.807) is 0 Å². The normalized spacial score (nSPS) is 23.2. The van der Waals surface area contributed by atoms with Crippen LogP contribution in [0.1, 0.15) is 5.56 Å². The van der Waals surface area contributed by atoms with Crippen LogP contribution in [0.25, 0.3) is 11.2 Å². The molecule has 2 aromatic heterocycles. The van der Waals surface area contributed by atoms with Crippen molar-refractivity contribution in [3.05, 3.63) is 30.4 Å². The van der Waals surface area contributed by atoms with Gasteiger partial charge in [0.25, 0.3) is 0 Å². The number of ether oxygens (including phenoxy) is 2. The maximum absolute atomic E-state index is 10.9. The zero-order valence-corrected chi connectivity index (χ0v) is 17.5. The van der Waals surface area contributed by atoms with Crippen molar-refractivity contribution < 1.29 is 48.8 Å². The first kappa shape index (κ1) is 23.1. The van der Waals surface area contributed by atoms with E-state index in [9.17, 15) is 25.0 Å².